The van der Waals surface area contributed by atoms with Crippen LogP contribution in [0, 0.1) is 18.3 Å². The van der Waals surface area contributed by atoms with Crippen molar-refractivity contribution in [2.24, 2.45) is 18.4 Å². The van der Waals surface area contributed by atoms with E-state index in [1.165, 1.54) is 39.0 Å². The molecule has 2 aromatic heterocycles. The third-order valence-corrected chi connectivity index (χ3v) is 8.19. The summed E-state index contributed by atoms with van der Waals surface area (Å²) in [5.41, 5.74) is 6.03. The average Bonchev–Trinajstić information content (AvgIpc) is 3.16. The minimum Gasteiger partial charge on any atom is -0.353 e. The molecule has 0 saturated carbocycles. The number of para-hydroxylation sites is 1. The monoisotopic (exact) mass is 407 g/mol. The minimum absolute atomic E-state index is 0.0720. The highest BCUT2D eigenvalue weighted by atomic mass is 32.1. The lowest BCUT2D eigenvalue weighted by molar-refractivity contribution is 0.0935. The van der Waals surface area contributed by atoms with Crippen molar-refractivity contribution in [3.8, 4) is 0 Å². The van der Waals surface area contributed by atoms with Crippen LogP contribution in [0.25, 0.3) is 10.9 Å². The number of benzene rings is 1. The van der Waals surface area contributed by atoms with E-state index < -0.39 is 0 Å². The molecular formula is C24H29N3OS. The van der Waals surface area contributed by atoms with Crippen LogP contribution in [-0.4, -0.2) is 10.5 Å². The van der Waals surface area contributed by atoms with Crippen LogP contribution in [-0.2, 0) is 19.9 Å². The van der Waals surface area contributed by atoms with Gasteiger partial charge < -0.3 is 15.2 Å². The molecule has 5 heteroatoms. The number of nitrogens with zero attached hydrogens (tertiary/aromatic N) is 1. The number of carbonyl (C=O) groups is 1. The number of aromatic nitrogens is 1. The summed E-state index contributed by atoms with van der Waals surface area (Å²) in [6.45, 7) is 9.13. The molecule has 1 aromatic carbocycles. The Morgan fingerprint density at radius 1 is 1.17 bits per heavy atom. The SMILES string of the molecule is Cc1c([C@@H]2NC(=O)c3c(sc4c3CC[C@@H](C(C)(C)C)C4)N2)c2ccccc2n1C. The van der Waals surface area contributed by atoms with Gasteiger partial charge in [0.25, 0.3) is 5.91 Å². The normalized spacial score (nSPS) is 21.5. The molecule has 5 rings (SSSR count). The van der Waals surface area contributed by atoms with Gasteiger partial charge in [0.05, 0.1) is 5.56 Å². The summed E-state index contributed by atoms with van der Waals surface area (Å²) in [7, 11) is 2.09. The van der Waals surface area contributed by atoms with Crippen LogP contribution in [0.15, 0.2) is 24.3 Å². The van der Waals surface area contributed by atoms with Crippen LogP contribution >= 0.6 is 11.3 Å². The lowest BCUT2D eigenvalue weighted by Gasteiger charge is -2.34. The van der Waals surface area contributed by atoms with E-state index in [1.54, 1.807) is 11.3 Å². The van der Waals surface area contributed by atoms with E-state index in [9.17, 15) is 4.79 Å². The number of hydrogen-bond acceptors (Lipinski definition) is 3. The zero-order chi connectivity index (χ0) is 20.5. The van der Waals surface area contributed by atoms with Crippen molar-refractivity contribution in [1.29, 1.82) is 0 Å². The lowest BCUT2D eigenvalue weighted by Crippen LogP contribution is -2.38. The largest absolute Gasteiger partial charge is 0.353 e. The number of fused-ring (bicyclic) bond motifs is 4. The third kappa shape index (κ3) is 2.82. The second-order valence-electron chi connectivity index (χ2n) is 9.64. The minimum atomic E-state index is -0.195. The first-order chi connectivity index (χ1) is 13.8. The molecule has 0 fully saturated rings. The number of aryl methyl sites for hydroxylation is 1. The number of carbonyl (C=O) groups excluding carboxylic acids is 1. The van der Waals surface area contributed by atoms with E-state index in [4.69, 9.17) is 0 Å². The fourth-order valence-corrected chi connectivity index (χ4v) is 6.45. The summed E-state index contributed by atoms with van der Waals surface area (Å²) in [5, 5.41) is 9.17. The molecule has 2 atom stereocenters. The van der Waals surface area contributed by atoms with Crippen LogP contribution < -0.4 is 10.6 Å². The summed E-state index contributed by atoms with van der Waals surface area (Å²) in [4.78, 5) is 14.6. The highest BCUT2D eigenvalue weighted by Crippen LogP contribution is 2.46. The maximum absolute atomic E-state index is 13.2. The molecule has 1 aliphatic heterocycles. The molecule has 1 aliphatic carbocycles. The molecule has 2 N–H and O–H groups in total. The first-order valence-corrected chi connectivity index (χ1v) is 11.3. The van der Waals surface area contributed by atoms with Crippen molar-refractivity contribution >= 4 is 33.1 Å². The molecule has 0 unspecified atom stereocenters. The molecule has 3 heterocycles. The number of amides is 1. The van der Waals surface area contributed by atoms with Crippen molar-refractivity contribution in [3.05, 3.63) is 51.5 Å². The Morgan fingerprint density at radius 2 is 1.93 bits per heavy atom. The first kappa shape index (κ1) is 18.7. The Hall–Kier alpha value is -2.27. The summed E-state index contributed by atoms with van der Waals surface area (Å²) in [6.07, 6.45) is 3.07. The number of rotatable bonds is 1. The average molecular weight is 408 g/mol. The second kappa shape index (κ2) is 6.36. The molecular weight excluding hydrogens is 378 g/mol. The fourth-order valence-electron chi connectivity index (χ4n) is 5.10. The van der Waals surface area contributed by atoms with Gasteiger partial charge in [-0.3, -0.25) is 4.79 Å². The smallest absolute Gasteiger partial charge is 0.256 e. The van der Waals surface area contributed by atoms with Crippen LogP contribution in [0.3, 0.4) is 0 Å². The molecule has 0 spiro atoms. The Labute approximate surface area is 176 Å². The zero-order valence-electron chi connectivity index (χ0n) is 17.8. The van der Waals surface area contributed by atoms with Gasteiger partial charge in [-0.2, -0.15) is 0 Å². The summed E-state index contributed by atoms with van der Waals surface area (Å²) < 4.78 is 2.21. The van der Waals surface area contributed by atoms with Crippen LogP contribution in [0.1, 0.15) is 65.4 Å². The van der Waals surface area contributed by atoms with Crippen LogP contribution in [0.4, 0.5) is 5.00 Å². The summed E-state index contributed by atoms with van der Waals surface area (Å²) >= 11 is 1.80. The fraction of sp³-hybridized carbons (Fsp3) is 0.458. The number of hydrogen-bond donors (Lipinski definition) is 2. The van der Waals surface area contributed by atoms with E-state index in [1.807, 2.05) is 0 Å². The van der Waals surface area contributed by atoms with Gasteiger partial charge >= 0.3 is 0 Å². The topological polar surface area (TPSA) is 46.1 Å². The molecule has 1 amide bonds. The van der Waals surface area contributed by atoms with Crippen LogP contribution in [0.5, 0.6) is 0 Å². The molecule has 4 nitrogen and oxygen atoms in total. The lowest BCUT2D eigenvalue weighted by atomic mass is 9.72. The second-order valence-corrected chi connectivity index (χ2v) is 10.7. The number of thiophene rings is 1. The Kier molecular flexibility index (Phi) is 4.11. The Balaban J connectivity index is 1.54. The predicted molar refractivity (Wildman–Crippen MR) is 121 cm³/mol. The van der Waals surface area contributed by atoms with Gasteiger partial charge in [-0.05, 0) is 49.1 Å². The standard InChI is InChI=1S/C24H29N3OS/c1-13-19(15-8-6-7-9-17(15)27(13)5)21-25-22(28)20-16-11-10-14(24(2,3)4)12-18(16)29-23(20)26-21/h6-9,14,21,26H,10-12H2,1-5H3,(H,25,28)/t14-,21-/m1/s1. The Bertz CT molecular complexity index is 1130. The quantitative estimate of drug-likeness (QED) is 0.555. The van der Waals surface area contributed by atoms with Gasteiger partial charge in [-0.15, -0.1) is 11.3 Å². The van der Waals surface area contributed by atoms with Gasteiger partial charge in [0.1, 0.15) is 11.2 Å². The first-order valence-electron chi connectivity index (χ1n) is 10.5. The summed E-state index contributed by atoms with van der Waals surface area (Å²) in [5.74, 6) is 0.747. The van der Waals surface area contributed by atoms with E-state index in [2.05, 4.69) is 74.2 Å². The third-order valence-electron chi connectivity index (χ3n) is 7.01. The van der Waals surface area contributed by atoms with Gasteiger partial charge in [0, 0.05) is 34.1 Å². The zero-order valence-corrected chi connectivity index (χ0v) is 18.7. The molecule has 2 aliphatic rings. The Morgan fingerprint density at radius 3 is 2.69 bits per heavy atom. The number of nitrogens with one attached hydrogen (secondary N) is 2. The van der Waals surface area contributed by atoms with Gasteiger partial charge in [0.15, 0.2) is 0 Å². The van der Waals surface area contributed by atoms with E-state index in [0.717, 1.165) is 23.4 Å². The maximum atomic E-state index is 13.2. The molecule has 0 radical (unpaired) electrons. The number of anilines is 1. The van der Waals surface area contributed by atoms with Gasteiger partial charge in [-0.25, -0.2) is 0 Å². The van der Waals surface area contributed by atoms with Gasteiger partial charge in [-0.1, -0.05) is 39.0 Å². The predicted octanol–water partition coefficient (Wildman–Crippen LogP) is 5.55. The molecule has 152 valence electrons. The van der Waals surface area contributed by atoms with Crippen molar-refractivity contribution in [3.63, 3.8) is 0 Å². The highest BCUT2D eigenvalue weighted by molar-refractivity contribution is 7.16. The van der Waals surface area contributed by atoms with Crippen molar-refractivity contribution < 1.29 is 4.79 Å². The van der Waals surface area contributed by atoms with E-state index in [0.29, 0.717) is 11.3 Å². The molecule has 0 bridgehead atoms. The van der Waals surface area contributed by atoms with Crippen molar-refractivity contribution in [1.82, 2.24) is 9.88 Å². The molecule has 3 aromatic rings. The van der Waals surface area contributed by atoms with Gasteiger partial charge in [0.2, 0.25) is 0 Å². The molecule has 29 heavy (non-hydrogen) atoms. The maximum Gasteiger partial charge on any atom is 0.256 e. The van der Waals surface area contributed by atoms with Crippen LogP contribution in [0.2, 0.25) is 0 Å². The van der Waals surface area contributed by atoms with E-state index in [-0.39, 0.29) is 12.1 Å². The van der Waals surface area contributed by atoms with Crippen molar-refractivity contribution in [2.45, 2.75) is 53.1 Å². The highest BCUT2D eigenvalue weighted by Gasteiger charge is 2.37. The summed E-state index contributed by atoms with van der Waals surface area (Å²) in [6, 6.07) is 8.42. The van der Waals surface area contributed by atoms with Crippen molar-refractivity contribution in [2.75, 3.05) is 5.32 Å². The molecule has 0 saturated heterocycles. The van der Waals surface area contributed by atoms with E-state index >= 15 is 0 Å².